The van der Waals surface area contributed by atoms with E-state index in [0.717, 1.165) is 36.4 Å². The molecular weight excluding hydrogens is 250 g/mol. The van der Waals surface area contributed by atoms with Crippen molar-refractivity contribution in [2.24, 2.45) is 0 Å². The molecule has 3 rings (SSSR count). The molecule has 0 saturated carbocycles. The molecule has 0 spiro atoms. The van der Waals surface area contributed by atoms with Gasteiger partial charge in [-0.1, -0.05) is 6.07 Å². The quantitative estimate of drug-likeness (QED) is 0.716. The van der Waals surface area contributed by atoms with E-state index in [0.29, 0.717) is 0 Å². The molecule has 0 unspecified atom stereocenters. The summed E-state index contributed by atoms with van der Waals surface area (Å²) in [5.41, 5.74) is 4.25. The number of nitrogens with one attached hydrogen (secondary N) is 1. The lowest BCUT2D eigenvalue weighted by molar-refractivity contribution is 0.679. The average Bonchev–Trinajstić information content (AvgIpc) is 2.84. The highest BCUT2D eigenvalue weighted by atomic mass is 15.2. The van der Waals surface area contributed by atoms with Crippen molar-refractivity contribution < 1.29 is 0 Å². The van der Waals surface area contributed by atoms with Crippen molar-refractivity contribution in [3.63, 3.8) is 0 Å². The lowest BCUT2D eigenvalue weighted by Gasteiger charge is -2.05. The van der Waals surface area contributed by atoms with Gasteiger partial charge in [0.1, 0.15) is 0 Å². The van der Waals surface area contributed by atoms with Crippen molar-refractivity contribution in [2.75, 3.05) is 6.54 Å². The van der Waals surface area contributed by atoms with Crippen LogP contribution in [0, 0.1) is 6.92 Å². The first-order valence-corrected chi connectivity index (χ1v) is 6.72. The number of rotatable bonds is 5. The molecule has 0 fully saturated rings. The highest BCUT2D eigenvalue weighted by Gasteiger charge is 2.00. The molecule has 0 aliphatic heterocycles. The van der Waals surface area contributed by atoms with Crippen LogP contribution in [0.3, 0.4) is 0 Å². The van der Waals surface area contributed by atoms with Gasteiger partial charge in [0, 0.05) is 43.0 Å². The molecule has 0 aliphatic rings. The van der Waals surface area contributed by atoms with Gasteiger partial charge in [-0.2, -0.15) is 5.10 Å². The smallest absolute Gasteiger partial charge is 0.155 e. The maximum atomic E-state index is 4.39. The number of pyridine rings is 1. The zero-order chi connectivity index (χ0) is 13.8. The van der Waals surface area contributed by atoms with Crippen molar-refractivity contribution in [2.45, 2.75) is 19.9 Å². The topological polar surface area (TPSA) is 55.1 Å². The lowest BCUT2D eigenvalue weighted by atomic mass is 10.2. The first kappa shape index (κ1) is 12.7. The molecule has 3 aromatic heterocycles. The minimum absolute atomic E-state index is 0.794. The summed E-state index contributed by atoms with van der Waals surface area (Å²) in [5, 5.41) is 7.78. The predicted molar refractivity (Wildman–Crippen MR) is 77.4 cm³/mol. The number of fused-ring (bicyclic) bond motifs is 1. The van der Waals surface area contributed by atoms with Crippen LogP contribution in [-0.2, 0) is 13.0 Å². The summed E-state index contributed by atoms with van der Waals surface area (Å²) >= 11 is 0. The van der Waals surface area contributed by atoms with Gasteiger partial charge in [0.2, 0.25) is 0 Å². The Hall–Kier alpha value is -2.27. The summed E-state index contributed by atoms with van der Waals surface area (Å²) in [5.74, 6) is 0. The van der Waals surface area contributed by atoms with Crippen molar-refractivity contribution >= 4 is 5.65 Å². The highest BCUT2D eigenvalue weighted by Crippen LogP contribution is 2.04. The Balaban J connectivity index is 1.54. The standard InChI is InChI=1S/C15H17N5/c1-12-7-15-18-10-14(11-20(15)19-12)9-17-6-4-13-3-2-5-16-8-13/h2-3,5,7-8,10-11,17H,4,6,9H2,1H3. The fraction of sp³-hybridized carbons (Fsp3) is 0.267. The zero-order valence-corrected chi connectivity index (χ0v) is 11.5. The molecule has 0 aromatic carbocycles. The van der Waals surface area contributed by atoms with E-state index in [1.165, 1.54) is 5.56 Å². The number of nitrogens with zero attached hydrogens (tertiary/aromatic N) is 4. The molecule has 0 bridgehead atoms. The van der Waals surface area contributed by atoms with Gasteiger partial charge < -0.3 is 5.32 Å². The van der Waals surface area contributed by atoms with Crippen LogP contribution in [0.1, 0.15) is 16.8 Å². The molecule has 3 heterocycles. The van der Waals surface area contributed by atoms with E-state index in [4.69, 9.17) is 0 Å². The molecule has 5 nitrogen and oxygen atoms in total. The molecule has 0 radical (unpaired) electrons. The van der Waals surface area contributed by atoms with Crippen LogP contribution in [0.4, 0.5) is 0 Å². The van der Waals surface area contributed by atoms with Gasteiger partial charge in [-0.15, -0.1) is 0 Å². The third-order valence-electron chi connectivity index (χ3n) is 3.13. The normalized spacial score (nSPS) is 11.1. The van der Waals surface area contributed by atoms with Gasteiger partial charge in [-0.3, -0.25) is 4.98 Å². The molecule has 0 saturated heterocycles. The first-order chi connectivity index (χ1) is 9.81. The Morgan fingerprint density at radius 3 is 3.05 bits per heavy atom. The molecule has 1 N–H and O–H groups in total. The molecule has 0 atom stereocenters. The monoisotopic (exact) mass is 267 g/mol. The molecule has 20 heavy (non-hydrogen) atoms. The molecule has 0 amide bonds. The van der Waals surface area contributed by atoms with Crippen molar-refractivity contribution in [1.29, 1.82) is 0 Å². The fourth-order valence-corrected chi connectivity index (χ4v) is 2.14. The predicted octanol–water partition coefficient (Wildman–Crippen LogP) is 1.77. The number of aryl methyl sites for hydroxylation is 1. The van der Waals surface area contributed by atoms with Crippen LogP contribution >= 0.6 is 0 Å². The largest absolute Gasteiger partial charge is 0.312 e. The number of aromatic nitrogens is 4. The summed E-state index contributed by atoms with van der Waals surface area (Å²) in [6, 6.07) is 6.03. The Bertz CT molecular complexity index is 690. The lowest BCUT2D eigenvalue weighted by Crippen LogP contribution is -2.17. The Kier molecular flexibility index (Phi) is 3.69. The maximum absolute atomic E-state index is 4.39. The Morgan fingerprint density at radius 2 is 2.20 bits per heavy atom. The summed E-state index contributed by atoms with van der Waals surface area (Å²) in [6.07, 6.45) is 8.59. The molecule has 5 heteroatoms. The molecule has 3 aromatic rings. The summed E-state index contributed by atoms with van der Waals surface area (Å²) in [7, 11) is 0. The van der Waals surface area contributed by atoms with Gasteiger partial charge in [0.25, 0.3) is 0 Å². The Morgan fingerprint density at radius 1 is 1.25 bits per heavy atom. The molecule has 0 aliphatic carbocycles. The van der Waals surface area contributed by atoms with Gasteiger partial charge in [-0.05, 0) is 31.5 Å². The van der Waals surface area contributed by atoms with Gasteiger partial charge in [0.05, 0.1) is 5.69 Å². The van der Waals surface area contributed by atoms with Crippen LogP contribution in [0.5, 0.6) is 0 Å². The summed E-state index contributed by atoms with van der Waals surface area (Å²) < 4.78 is 1.83. The minimum Gasteiger partial charge on any atom is -0.312 e. The third kappa shape index (κ3) is 3.00. The average molecular weight is 267 g/mol. The van der Waals surface area contributed by atoms with Crippen LogP contribution < -0.4 is 5.32 Å². The maximum Gasteiger partial charge on any atom is 0.155 e. The summed E-state index contributed by atoms with van der Waals surface area (Å²) in [6.45, 7) is 3.68. The minimum atomic E-state index is 0.794. The van der Waals surface area contributed by atoms with E-state index in [1.807, 2.05) is 42.2 Å². The van der Waals surface area contributed by atoms with Gasteiger partial charge >= 0.3 is 0 Å². The van der Waals surface area contributed by atoms with Crippen molar-refractivity contribution in [1.82, 2.24) is 24.9 Å². The Labute approximate surface area is 117 Å². The SMILES string of the molecule is Cc1cc2ncc(CNCCc3cccnc3)cn2n1. The van der Waals surface area contributed by atoms with E-state index in [-0.39, 0.29) is 0 Å². The first-order valence-electron chi connectivity index (χ1n) is 6.72. The van der Waals surface area contributed by atoms with E-state index in [9.17, 15) is 0 Å². The van der Waals surface area contributed by atoms with E-state index < -0.39 is 0 Å². The second-order valence-electron chi connectivity index (χ2n) is 4.84. The summed E-state index contributed by atoms with van der Waals surface area (Å²) in [4.78, 5) is 8.50. The van der Waals surface area contributed by atoms with Crippen molar-refractivity contribution in [3.05, 3.63) is 59.8 Å². The van der Waals surface area contributed by atoms with Crippen molar-refractivity contribution in [3.8, 4) is 0 Å². The van der Waals surface area contributed by atoms with Crippen LogP contribution in [-0.4, -0.2) is 26.1 Å². The van der Waals surface area contributed by atoms with Crippen LogP contribution in [0.25, 0.3) is 5.65 Å². The molecular formula is C15H17N5. The van der Waals surface area contributed by atoms with Crippen LogP contribution in [0.15, 0.2) is 43.0 Å². The number of hydrogen-bond acceptors (Lipinski definition) is 4. The van der Waals surface area contributed by atoms with Crippen LogP contribution in [0.2, 0.25) is 0 Å². The van der Waals surface area contributed by atoms with Gasteiger partial charge in [0.15, 0.2) is 5.65 Å². The number of hydrogen-bond donors (Lipinski definition) is 1. The third-order valence-corrected chi connectivity index (χ3v) is 3.13. The fourth-order valence-electron chi connectivity index (χ4n) is 2.14. The van der Waals surface area contributed by atoms with E-state index in [2.05, 4.69) is 26.4 Å². The molecule has 102 valence electrons. The second-order valence-corrected chi connectivity index (χ2v) is 4.84. The highest BCUT2D eigenvalue weighted by molar-refractivity contribution is 5.38. The van der Waals surface area contributed by atoms with Gasteiger partial charge in [-0.25, -0.2) is 9.50 Å². The second kappa shape index (κ2) is 5.79. The zero-order valence-electron chi connectivity index (χ0n) is 11.5. The van der Waals surface area contributed by atoms with E-state index in [1.54, 1.807) is 6.20 Å². The van der Waals surface area contributed by atoms with E-state index >= 15 is 0 Å².